The van der Waals surface area contributed by atoms with E-state index in [1.54, 1.807) is 27.8 Å². The quantitative estimate of drug-likeness (QED) is 0.618. The van der Waals surface area contributed by atoms with E-state index in [1.165, 1.54) is 0 Å². The summed E-state index contributed by atoms with van der Waals surface area (Å²) in [5.41, 5.74) is 0. The van der Waals surface area contributed by atoms with Gasteiger partial charge in [-0.1, -0.05) is 27.7 Å². The Morgan fingerprint density at radius 2 is 2.33 bits per heavy atom. The zero-order chi connectivity index (χ0) is 7.11. The van der Waals surface area contributed by atoms with Crippen LogP contribution in [0.15, 0.2) is 11.5 Å². The lowest BCUT2D eigenvalue weighted by atomic mass is 10.8. The van der Waals surface area contributed by atoms with E-state index in [4.69, 9.17) is 0 Å². The molecule has 0 radical (unpaired) electrons. The van der Waals surface area contributed by atoms with E-state index < -0.39 is 10.8 Å². The Kier molecular flexibility index (Phi) is 7.15. The van der Waals surface area contributed by atoms with E-state index in [0.717, 1.165) is 0 Å². The fourth-order valence-electron chi connectivity index (χ4n) is 0.270. The molecule has 54 valence electrons. The van der Waals surface area contributed by atoms with Gasteiger partial charge < -0.3 is 0 Å². The van der Waals surface area contributed by atoms with Crippen LogP contribution in [-0.2, 0) is 10.8 Å². The van der Waals surface area contributed by atoms with Crippen LogP contribution in [0.4, 0.5) is 0 Å². The smallest absolute Gasteiger partial charge is 0.0420 e. The predicted molar refractivity (Wildman–Crippen MR) is 49.2 cm³/mol. The van der Waals surface area contributed by atoms with Gasteiger partial charge >= 0.3 is 0 Å². The Morgan fingerprint density at radius 1 is 1.67 bits per heavy atom. The summed E-state index contributed by atoms with van der Waals surface area (Å²) in [6.45, 7) is 0. The van der Waals surface area contributed by atoms with Crippen LogP contribution in [-0.4, -0.2) is 22.5 Å². The average Bonchev–Trinajstić information content (AvgIpc) is 1.80. The highest BCUT2D eigenvalue weighted by molar-refractivity contribution is 8.77. The van der Waals surface area contributed by atoms with Crippen LogP contribution < -0.4 is 0 Å². The van der Waals surface area contributed by atoms with Crippen molar-refractivity contribution in [2.45, 2.75) is 0 Å². The largest absolute Gasteiger partial charge is 0.260 e. The first-order valence-electron chi connectivity index (χ1n) is 2.42. The Hall–Kier alpha value is 0.590. The standard InChI is InChI=1S/C5H10OS3/c1-7-8-4-3-5-9(2)6/h3-4H,5H2,1-2H3. The molecule has 0 bridgehead atoms. The fraction of sp³-hybridized carbons (Fsp3) is 0.600. The molecule has 0 heterocycles. The lowest BCUT2D eigenvalue weighted by Crippen LogP contribution is -1.86. The summed E-state index contributed by atoms with van der Waals surface area (Å²) in [4.78, 5) is 0. The molecule has 0 aromatic carbocycles. The highest BCUT2D eigenvalue weighted by Crippen LogP contribution is 2.17. The van der Waals surface area contributed by atoms with E-state index in [2.05, 4.69) is 0 Å². The zero-order valence-electron chi connectivity index (χ0n) is 5.49. The van der Waals surface area contributed by atoms with E-state index >= 15 is 0 Å². The van der Waals surface area contributed by atoms with Crippen molar-refractivity contribution in [1.82, 2.24) is 0 Å². The lowest BCUT2D eigenvalue weighted by molar-refractivity contribution is 0.688. The van der Waals surface area contributed by atoms with Gasteiger partial charge in [-0.15, -0.1) is 0 Å². The minimum atomic E-state index is -0.678. The van der Waals surface area contributed by atoms with Crippen molar-refractivity contribution < 1.29 is 4.21 Å². The van der Waals surface area contributed by atoms with Gasteiger partial charge in [0.05, 0.1) is 0 Å². The maximum Gasteiger partial charge on any atom is 0.0420 e. The molecule has 1 nitrogen and oxygen atoms in total. The molecule has 0 N–H and O–H groups in total. The fourth-order valence-corrected chi connectivity index (χ4v) is 1.61. The Labute approximate surface area is 66.5 Å². The van der Waals surface area contributed by atoms with E-state index in [9.17, 15) is 4.21 Å². The normalized spacial score (nSPS) is 14.4. The SMILES string of the molecule is CSSC=CCS(C)=O. The van der Waals surface area contributed by atoms with Gasteiger partial charge in [0.15, 0.2) is 0 Å². The molecule has 0 aliphatic carbocycles. The van der Waals surface area contributed by atoms with Crippen LogP contribution in [0.5, 0.6) is 0 Å². The second-order valence-electron chi connectivity index (χ2n) is 1.37. The molecular weight excluding hydrogens is 172 g/mol. The van der Waals surface area contributed by atoms with Gasteiger partial charge in [-0.05, 0) is 11.7 Å². The van der Waals surface area contributed by atoms with Crippen LogP contribution in [0.3, 0.4) is 0 Å². The number of hydrogen-bond acceptors (Lipinski definition) is 3. The molecule has 0 aliphatic heterocycles. The summed E-state index contributed by atoms with van der Waals surface area (Å²) in [5.74, 6) is 0.674. The van der Waals surface area contributed by atoms with E-state index in [-0.39, 0.29) is 0 Å². The zero-order valence-corrected chi connectivity index (χ0v) is 7.94. The molecule has 0 rings (SSSR count). The van der Waals surface area contributed by atoms with Crippen molar-refractivity contribution in [2.24, 2.45) is 0 Å². The van der Waals surface area contributed by atoms with Crippen molar-refractivity contribution in [3.05, 3.63) is 11.5 Å². The van der Waals surface area contributed by atoms with Crippen molar-refractivity contribution in [3.63, 3.8) is 0 Å². The van der Waals surface area contributed by atoms with Crippen molar-refractivity contribution >= 4 is 32.4 Å². The number of rotatable bonds is 4. The molecule has 0 aromatic rings. The van der Waals surface area contributed by atoms with Crippen molar-refractivity contribution in [1.29, 1.82) is 0 Å². The molecule has 9 heavy (non-hydrogen) atoms. The highest BCUT2D eigenvalue weighted by Gasteiger charge is 1.81. The van der Waals surface area contributed by atoms with E-state index in [0.29, 0.717) is 5.75 Å². The minimum Gasteiger partial charge on any atom is -0.260 e. The lowest BCUT2D eigenvalue weighted by Gasteiger charge is -1.84. The van der Waals surface area contributed by atoms with Gasteiger partial charge in [0.25, 0.3) is 0 Å². The van der Waals surface area contributed by atoms with Gasteiger partial charge in [0, 0.05) is 22.8 Å². The van der Waals surface area contributed by atoms with Crippen LogP contribution >= 0.6 is 21.6 Å². The molecule has 0 aromatic heterocycles. The maximum absolute atomic E-state index is 10.5. The molecule has 0 aliphatic rings. The minimum absolute atomic E-state index is 0.674. The summed E-state index contributed by atoms with van der Waals surface area (Å²) < 4.78 is 10.5. The summed E-state index contributed by atoms with van der Waals surface area (Å²) in [6.07, 6.45) is 5.64. The summed E-state index contributed by atoms with van der Waals surface area (Å²) in [6, 6.07) is 0. The topological polar surface area (TPSA) is 17.1 Å². The monoisotopic (exact) mass is 182 g/mol. The predicted octanol–water partition coefficient (Wildman–Crippen LogP) is 1.89. The second kappa shape index (κ2) is 6.71. The molecular formula is C5H10OS3. The van der Waals surface area contributed by atoms with Crippen LogP contribution in [0.2, 0.25) is 0 Å². The third kappa shape index (κ3) is 8.59. The molecule has 0 saturated carbocycles. The Balaban J connectivity index is 3.14. The first-order chi connectivity index (χ1) is 4.27. The average molecular weight is 182 g/mol. The number of hydrogen-bond donors (Lipinski definition) is 0. The molecule has 1 atom stereocenters. The first-order valence-corrected chi connectivity index (χ1v) is 6.76. The molecule has 0 spiro atoms. The third-order valence-electron chi connectivity index (χ3n) is 0.579. The van der Waals surface area contributed by atoms with Crippen molar-refractivity contribution in [3.8, 4) is 0 Å². The summed E-state index contributed by atoms with van der Waals surface area (Å²) in [5, 5.41) is 1.96. The van der Waals surface area contributed by atoms with Gasteiger partial charge in [0.2, 0.25) is 0 Å². The van der Waals surface area contributed by atoms with E-state index in [1.807, 2.05) is 17.7 Å². The molecule has 0 fully saturated rings. The molecule has 4 heteroatoms. The van der Waals surface area contributed by atoms with Crippen molar-refractivity contribution in [2.75, 3.05) is 18.3 Å². The second-order valence-corrected chi connectivity index (χ2v) is 5.23. The van der Waals surface area contributed by atoms with Gasteiger partial charge in [-0.2, -0.15) is 0 Å². The third-order valence-corrected chi connectivity index (χ3v) is 2.65. The molecule has 0 saturated heterocycles. The Morgan fingerprint density at radius 3 is 2.78 bits per heavy atom. The Bertz CT molecular complexity index is 111. The van der Waals surface area contributed by atoms with Crippen LogP contribution in [0, 0.1) is 0 Å². The maximum atomic E-state index is 10.5. The van der Waals surface area contributed by atoms with Gasteiger partial charge in [0.1, 0.15) is 0 Å². The van der Waals surface area contributed by atoms with Crippen LogP contribution in [0.1, 0.15) is 0 Å². The van der Waals surface area contributed by atoms with Gasteiger partial charge in [-0.3, -0.25) is 4.21 Å². The summed E-state index contributed by atoms with van der Waals surface area (Å²) >= 11 is 0. The van der Waals surface area contributed by atoms with Crippen LogP contribution in [0.25, 0.3) is 0 Å². The highest BCUT2D eigenvalue weighted by atomic mass is 33.1. The first kappa shape index (κ1) is 9.59. The summed E-state index contributed by atoms with van der Waals surface area (Å²) in [7, 11) is 2.66. The molecule has 0 amide bonds. The molecule has 1 unspecified atom stereocenters. The van der Waals surface area contributed by atoms with Gasteiger partial charge in [-0.25, -0.2) is 0 Å².